The van der Waals surface area contributed by atoms with Gasteiger partial charge in [-0.1, -0.05) is 12.2 Å². The molecule has 1 aliphatic heterocycles. The van der Waals surface area contributed by atoms with Crippen LogP contribution in [0, 0.1) is 6.92 Å². The van der Waals surface area contributed by atoms with Crippen molar-refractivity contribution in [1.82, 2.24) is 19.7 Å². The highest BCUT2D eigenvalue weighted by Gasteiger charge is 2.17. The van der Waals surface area contributed by atoms with Gasteiger partial charge in [-0.2, -0.15) is 15.1 Å². The van der Waals surface area contributed by atoms with Crippen LogP contribution in [-0.2, 0) is 4.74 Å². The van der Waals surface area contributed by atoms with E-state index in [4.69, 9.17) is 14.7 Å². The second kappa shape index (κ2) is 8.52. The SMILES string of the molecule is Cc1ccn(-c2nc(NC3CC=CCC3)cc(N3CCCOCCC3)n2)n1. The smallest absolute Gasteiger partial charge is 0.254 e. The van der Waals surface area contributed by atoms with Gasteiger partial charge in [0, 0.05) is 44.6 Å². The summed E-state index contributed by atoms with van der Waals surface area (Å²) in [7, 11) is 0. The maximum absolute atomic E-state index is 5.59. The Hall–Kier alpha value is -2.41. The molecule has 27 heavy (non-hydrogen) atoms. The first-order valence-corrected chi connectivity index (χ1v) is 9.94. The molecule has 2 aromatic rings. The second-order valence-electron chi connectivity index (χ2n) is 7.25. The fraction of sp³-hybridized carbons (Fsp3) is 0.550. The molecule has 7 nitrogen and oxygen atoms in total. The normalized spacial score (nSPS) is 20.9. The molecule has 3 heterocycles. The summed E-state index contributed by atoms with van der Waals surface area (Å²) in [6, 6.07) is 4.48. The third-order valence-corrected chi connectivity index (χ3v) is 5.01. The lowest BCUT2D eigenvalue weighted by Gasteiger charge is -2.27. The van der Waals surface area contributed by atoms with Gasteiger partial charge in [0.1, 0.15) is 11.6 Å². The highest BCUT2D eigenvalue weighted by atomic mass is 16.5. The molecule has 7 heteroatoms. The van der Waals surface area contributed by atoms with E-state index in [-0.39, 0.29) is 0 Å². The van der Waals surface area contributed by atoms with E-state index >= 15 is 0 Å². The third kappa shape index (κ3) is 4.66. The molecule has 0 radical (unpaired) electrons. The van der Waals surface area contributed by atoms with Crippen LogP contribution in [0.25, 0.3) is 5.95 Å². The maximum atomic E-state index is 5.59. The number of rotatable bonds is 4. The van der Waals surface area contributed by atoms with Crippen LogP contribution in [0.5, 0.6) is 0 Å². The summed E-state index contributed by atoms with van der Waals surface area (Å²) < 4.78 is 7.35. The van der Waals surface area contributed by atoms with Gasteiger partial charge in [0.2, 0.25) is 0 Å². The molecule has 0 bridgehead atoms. The van der Waals surface area contributed by atoms with E-state index in [0.29, 0.717) is 12.0 Å². The molecule has 144 valence electrons. The van der Waals surface area contributed by atoms with Crippen LogP contribution in [0.4, 0.5) is 11.6 Å². The lowest BCUT2D eigenvalue weighted by molar-refractivity contribution is 0.124. The molecule has 1 N–H and O–H groups in total. The molecule has 4 rings (SSSR count). The highest BCUT2D eigenvalue weighted by Crippen LogP contribution is 2.22. The lowest BCUT2D eigenvalue weighted by atomic mass is 10.0. The minimum absolute atomic E-state index is 0.422. The predicted octanol–water partition coefficient (Wildman–Crippen LogP) is 3.11. The monoisotopic (exact) mass is 368 g/mol. The van der Waals surface area contributed by atoms with Crippen LogP contribution >= 0.6 is 0 Å². The summed E-state index contributed by atoms with van der Waals surface area (Å²) >= 11 is 0. The Morgan fingerprint density at radius 2 is 2.00 bits per heavy atom. The van der Waals surface area contributed by atoms with Crippen LogP contribution in [0.2, 0.25) is 0 Å². The zero-order valence-corrected chi connectivity index (χ0v) is 16.0. The van der Waals surface area contributed by atoms with Gasteiger partial charge in [0.25, 0.3) is 5.95 Å². The molecule has 2 aliphatic rings. The summed E-state index contributed by atoms with van der Waals surface area (Å²) in [5.74, 6) is 2.46. The molecule has 1 saturated heterocycles. The molecule has 0 saturated carbocycles. The first-order chi connectivity index (χ1) is 13.3. The molecule has 2 aromatic heterocycles. The van der Waals surface area contributed by atoms with Gasteiger partial charge < -0.3 is 15.0 Å². The van der Waals surface area contributed by atoms with E-state index in [0.717, 1.165) is 75.7 Å². The molecule has 1 unspecified atom stereocenters. The number of anilines is 2. The molecule has 1 atom stereocenters. The standard InChI is InChI=1S/C20H28N6O/c1-16-9-12-26(24-16)20-22-18(21-17-7-3-2-4-8-17)15-19(23-20)25-10-5-13-27-14-6-11-25/h2-3,9,12,15,17H,4-8,10-11,13-14H2,1H3,(H,21,22,23). The van der Waals surface area contributed by atoms with E-state index in [1.54, 1.807) is 4.68 Å². The van der Waals surface area contributed by atoms with Crippen molar-refractivity contribution in [1.29, 1.82) is 0 Å². The summed E-state index contributed by atoms with van der Waals surface area (Å²) in [5.41, 5.74) is 0.958. The first-order valence-electron chi connectivity index (χ1n) is 9.94. The number of ether oxygens (including phenoxy) is 1. The number of aromatic nitrogens is 4. The number of hydrogen-bond donors (Lipinski definition) is 1. The number of nitrogens with zero attached hydrogens (tertiary/aromatic N) is 5. The van der Waals surface area contributed by atoms with E-state index in [9.17, 15) is 0 Å². The summed E-state index contributed by atoms with van der Waals surface area (Å²) in [5, 5.41) is 8.11. The molecule has 1 aliphatic carbocycles. The Kier molecular flexibility index (Phi) is 5.67. The second-order valence-corrected chi connectivity index (χ2v) is 7.25. The maximum Gasteiger partial charge on any atom is 0.254 e. The van der Waals surface area contributed by atoms with Crippen LogP contribution in [0.1, 0.15) is 37.8 Å². The molecular weight excluding hydrogens is 340 g/mol. The van der Waals surface area contributed by atoms with Crippen molar-refractivity contribution in [2.75, 3.05) is 36.5 Å². The zero-order chi connectivity index (χ0) is 18.5. The Bertz CT molecular complexity index is 779. The van der Waals surface area contributed by atoms with Crippen molar-refractivity contribution >= 4 is 11.6 Å². The van der Waals surface area contributed by atoms with Crippen molar-refractivity contribution in [3.8, 4) is 5.95 Å². The van der Waals surface area contributed by atoms with Gasteiger partial charge in [-0.05, 0) is 45.1 Å². The fourth-order valence-electron chi connectivity index (χ4n) is 3.58. The average molecular weight is 368 g/mol. The fourth-order valence-corrected chi connectivity index (χ4v) is 3.58. The predicted molar refractivity (Wildman–Crippen MR) is 107 cm³/mol. The molecule has 0 aromatic carbocycles. The highest BCUT2D eigenvalue weighted by molar-refractivity contribution is 5.52. The van der Waals surface area contributed by atoms with Gasteiger partial charge in [0.15, 0.2) is 0 Å². The lowest BCUT2D eigenvalue weighted by Crippen LogP contribution is -2.31. The molecular formula is C20H28N6O. The Labute approximate surface area is 160 Å². The van der Waals surface area contributed by atoms with Gasteiger partial charge in [0.05, 0.1) is 5.69 Å². The van der Waals surface area contributed by atoms with Crippen LogP contribution in [0.15, 0.2) is 30.5 Å². The average Bonchev–Trinajstić information content (AvgIpc) is 3.08. The molecule has 1 fully saturated rings. The minimum atomic E-state index is 0.422. The van der Waals surface area contributed by atoms with Crippen molar-refractivity contribution in [3.63, 3.8) is 0 Å². The van der Waals surface area contributed by atoms with E-state index < -0.39 is 0 Å². The Morgan fingerprint density at radius 3 is 2.70 bits per heavy atom. The Morgan fingerprint density at radius 1 is 1.15 bits per heavy atom. The zero-order valence-electron chi connectivity index (χ0n) is 16.0. The Balaban J connectivity index is 1.63. The largest absolute Gasteiger partial charge is 0.381 e. The van der Waals surface area contributed by atoms with Crippen molar-refractivity contribution in [2.45, 2.75) is 45.1 Å². The third-order valence-electron chi connectivity index (χ3n) is 5.01. The molecule has 0 spiro atoms. The van der Waals surface area contributed by atoms with Crippen LogP contribution < -0.4 is 10.2 Å². The first kappa shape index (κ1) is 18.0. The van der Waals surface area contributed by atoms with Crippen LogP contribution in [-0.4, -0.2) is 52.1 Å². The minimum Gasteiger partial charge on any atom is -0.381 e. The summed E-state index contributed by atoms with van der Waals surface area (Å²) in [4.78, 5) is 11.9. The van der Waals surface area contributed by atoms with E-state index in [2.05, 4.69) is 33.5 Å². The topological polar surface area (TPSA) is 68.1 Å². The van der Waals surface area contributed by atoms with Crippen molar-refractivity contribution < 1.29 is 4.74 Å². The van der Waals surface area contributed by atoms with Gasteiger partial charge in [-0.3, -0.25) is 0 Å². The number of allylic oxidation sites excluding steroid dienone is 1. The van der Waals surface area contributed by atoms with E-state index in [1.165, 1.54) is 0 Å². The summed E-state index contributed by atoms with van der Waals surface area (Å²) in [6.45, 7) is 5.49. The molecule has 0 amide bonds. The van der Waals surface area contributed by atoms with Gasteiger partial charge in [-0.15, -0.1) is 0 Å². The van der Waals surface area contributed by atoms with Gasteiger partial charge >= 0.3 is 0 Å². The number of hydrogen-bond acceptors (Lipinski definition) is 6. The number of aryl methyl sites for hydroxylation is 1. The van der Waals surface area contributed by atoms with Crippen molar-refractivity contribution in [3.05, 3.63) is 36.2 Å². The number of nitrogens with one attached hydrogen (secondary N) is 1. The van der Waals surface area contributed by atoms with Crippen molar-refractivity contribution in [2.24, 2.45) is 0 Å². The van der Waals surface area contributed by atoms with Gasteiger partial charge in [-0.25, -0.2) is 4.68 Å². The summed E-state index contributed by atoms with van der Waals surface area (Å²) in [6.07, 6.45) is 11.7. The van der Waals surface area contributed by atoms with Crippen LogP contribution in [0.3, 0.4) is 0 Å². The quantitative estimate of drug-likeness (QED) is 0.837. The van der Waals surface area contributed by atoms with E-state index in [1.807, 2.05) is 19.2 Å².